The SMILES string of the molecule is CN(CCC(F)(F)F)C(=O)CCc1ccc(N)cc1. The van der Waals surface area contributed by atoms with Crippen molar-refractivity contribution in [1.82, 2.24) is 4.90 Å². The number of hydrogen-bond acceptors (Lipinski definition) is 2. The zero-order chi connectivity index (χ0) is 14.5. The first kappa shape index (κ1) is 15.3. The summed E-state index contributed by atoms with van der Waals surface area (Å²) in [6.07, 6.45) is -4.52. The maximum absolute atomic E-state index is 12.0. The lowest BCUT2D eigenvalue weighted by Gasteiger charge is -2.18. The molecule has 0 aliphatic carbocycles. The molecule has 0 fully saturated rings. The molecule has 0 spiro atoms. The van der Waals surface area contributed by atoms with Gasteiger partial charge in [-0.3, -0.25) is 4.79 Å². The molecule has 1 aromatic rings. The average molecular weight is 274 g/mol. The molecule has 1 rings (SSSR count). The standard InChI is InChI=1S/C13H17F3N2O/c1-18(9-8-13(14,15)16)12(19)7-4-10-2-5-11(17)6-3-10/h2-3,5-6H,4,7-9,17H2,1H3. The topological polar surface area (TPSA) is 46.3 Å². The minimum Gasteiger partial charge on any atom is -0.399 e. The number of nitrogens with two attached hydrogens (primary N) is 1. The van der Waals surface area contributed by atoms with E-state index in [1.807, 2.05) is 0 Å². The first-order valence-corrected chi connectivity index (χ1v) is 5.93. The number of halogens is 3. The van der Waals surface area contributed by atoms with Crippen molar-refractivity contribution in [2.45, 2.75) is 25.4 Å². The fraction of sp³-hybridized carbons (Fsp3) is 0.462. The van der Waals surface area contributed by atoms with Crippen molar-refractivity contribution >= 4 is 11.6 Å². The lowest BCUT2D eigenvalue weighted by Crippen LogP contribution is -2.30. The Hall–Kier alpha value is -1.72. The number of hydrogen-bond donors (Lipinski definition) is 1. The van der Waals surface area contributed by atoms with Crippen LogP contribution in [0.1, 0.15) is 18.4 Å². The number of aryl methyl sites for hydroxylation is 1. The van der Waals surface area contributed by atoms with Crippen molar-refractivity contribution in [3.63, 3.8) is 0 Å². The first-order chi connectivity index (χ1) is 8.78. The van der Waals surface area contributed by atoms with Crippen molar-refractivity contribution in [2.24, 2.45) is 0 Å². The van der Waals surface area contributed by atoms with Gasteiger partial charge in [-0.25, -0.2) is 0 Å². The van der Waals surface area contributed by atoms with Crippen molar-refractivity contribution in [1.29, 1.82) is 0 Å². The van der Waals surface area contributed by atoms with E-state index in [4.69, 9.17) is 5.73 Å². The maximum Gasteiger partial charge on any atom is 0.390 e. The second-order valence-electron chi connectivity index (χ2n) is 4.42. The van der Waals surface area contributed by atoms with Crippen LogP contribution in [0.2, 0.25) is 0 Å². The summed E-state index contributed by atoms with van der Waals surface area (Å²) < 4.78 is 36.1. The minimum absolute atomic E-state index is 0.193. The number of carbonyl (C=O) groups is 1. The van der Waals surface area contributed by atoms with Crippen LogP contribution >= 0.6 is 0 Å². The molecule has 0 aliphatic heterocycles. The third-order valence-electron chi connectivity index (χ3n) is 2.76. The van der Waals surface area contributed by atoms with Gasteiger partial charge in [-0.1, -0.05) is 12.1 Å². The van der Waals surface area contributed by atoms with E-state index >= 15 is 0 Å². The van der Waals surface area contributed by atoms with Crippen LogP contribution in [0, 0.1) is 0 Å². The molecule has 0 heterocycles. The van der Waals surface area contributed by atoms with Gasteiger partial charge in [0.1, 0.15) is 0 Å². The van der Waals surface area contributed by atoms with E-state index in [1.165, 1.54) is 7.05 Å². The molecule has 106 valence electrons. The van der Waals surface area contributed by atoms with Gasteiger partial charge in [0.15, 0.2) is 0 Å². The number of alkyl halides is 3. The van der Waals surface area contributed by atoms with Gasteiger partial charge in [0.05, 0.1) is 6.42 Å². The number of amides is 1. The summed E-state index contributed by atoms with van der Waals surface area (Å²) >= 11 is 0. The molecular weight excluding hydrogens is 257 g/mol. The predicted molar refractivity (Wildman–Crippen MR) is 67.5 cm³/mol. The molecule has 19 heavy (non-hydrogen) atoms. The van der Waals surface area contributed by atoms with Gasteiger partial charge >= 0.3 is 6.18 Å². The highest BCUT2D eigenvalue weighted by Crippen LogP contribution is 2.19. The lowest BCUT2D eigenvalue weighted by atomic mass is 10.1. The molecule has 0 bridgehead atoms. The Morgan fingerprint density at radius 1 is 1.26 bits per heavy atom. The Bertz CT molecular complexity index is 415. The molecule has 0 atom stereocenters. The molecule has 0 unspecified atom stereocenters. The van der Waals surface area contributed by atoms with Crippen LogP contribution in [0.25, 0.3) is 0 Å². The first-order valence-electron chi connectivity index (χ1n) is 5.93. The molecule has 1 aromatic carbocycles. The second-order valence-corrected chi connectivity index (χ2v) is 4.42. The third kappa shape index (κ3) is 6.13. The highest BCUT2D eigenvalue weighted by atomic mass is 19.4. The fourth-order valence-corrected chi connectivity index (χ4v) is 1.55. The van der Waals surface area contributed by atoms with Gasteiger partial charge < -0.3 is 10.6 Å². The van der Waals surface area contributed by atoms with Gasteiger partial charge in [-0.05, 0) is 24.1 Å². The number of nitrogen functional groups attached to an aromatic ring is 1. The second kappa shape index (κ2) is 6.45. The Kier molecular flexibility index (Phi) is 5.20. The Labute approximate surface area is 110 Å². The summed E-state index contributed by atoms with van der Waals surface area (Å²) in [6, 6.07) is 7.07. The van der Waals surface area contributed by atoms with E-state index in [1.54, 1.807) is 24.3 Å². The normalized spacial score (nSPS) is 11.4. The molecule has 0 aromatic heterocycles. The van der Waals surface area contributed by atoms with Gasteiger partial charge in [0.25, 0.3) is 0 Å². The highest BCUT2D eigenvalue weighted by Gasteiger charge is 2.27. The summed E-state index contributed by atoms with van der Waals surface area (Å²) in [5.41, 5.74) is 7.10. The molecule has 1 amide bonds. The van der Waals surface area contributed by atoms with E-state index in [2.05, 4.69) is 0 Å². The number of benzene rings is 1. The van der Waals surface area contributed by atoms with E-state index in [-0.39, 0.29) is 18.9 Å². The average Bonchev–Trinajstić information content (AvgIpc) is 2.34. The van der Waals surface area contributed by atoms with Crippen LogP contribution < -0.4 is 5.73 Å². The Morgan fingerprint density at radius 2 is 1.84 bits per heavy atom. The maximum atomic E-state index is 12.0. The molecule has 0 saturated carbocycles. The number of rotatable bonds is 5. The van der Waals surface area contributed by atoms with E-state index in [0.29, 0.717) is 12.1 Å². The zero-order valence-corrected chi connectivity index (χ0v) is 10.7. The van der Waals surface area contributed by atoms with Crippen molar-refractivity contribution in [2.75, 3.05) is 19.3 Å². The quantitative estimate of drug-likeness (QED) is 0.839. The van der Waals surface area contributed by atoms with Crippen LogP contribution in [0.4, 0.5) is 18.9 Å². The fourth-order valence-electron chi connectivity index (χ4n) is 1.55. The molecule has 0 aliphatic rings. The summed E-state index contributed by atoms with van der Waals surface area (Å²) in [4.78, 5) is 12.7. The largest absolute Gasteiger partial charge is 0.399 e. The summed E-state index contributed by atoms with van der Waals surface area (Å²) in [5, 5.41) is 0. The molecule has 0 radical (unpaired) electrons. The third-order valence-corrected chi connectivity index (χ3v) is 2.76. The van der Waals surface area contributed by atoms with Gasteiger partial charge in [-0.15, -0.1) is 0 Å². The van der Waals surface area contributed by atoms with Crippen molar-refractivity contribution < 1.29 is 18.0 Å². The molecule has 2 N–H and O–H groups in total. The van der Waals surface area contributed by atoms with E-state index < -0.39 is 12.6 Å². The van der Waals surface area contributed by atoms with Gasteiger partial charge in [-0.2, -0.15) is 13.2 Å². The number of nitrogens with zero attached hydrogens (tertiary/aromatic N) is 1. The zero-order valence-electron chi connectivity index (χ0n) is 10.7. The Morgan fingerprint density at radius 3 is 2.37 bits per heavy atom. The van der Waals surface area contributed by atoms with Crippen LogP contribution in [-0.4, -0.2) is 30.6 Å². The van der Waals surface area contributed by atoms with Gasteiger partial charge in [0, 0.05) is 25.7 Å². The summed E-state index contributed by atoms with van der Waals surface area (Å²) in [6.45, 7) is -0.302. The van der Waals surface area contributed by atoms with Gasteiger partial charge in [0.2, 0.25) is 5.91 Å². The van der Waals surface area contributed by atoms with Crippen LogP contribution in [-0.2, 0) is 11.2 Å². The predicted octanol–water partition coefficient (Wildman–Crippen LogP) is 2.61. The minimum atomic E-state index is -4.23. The van der Waals surface area contributed by atoms with E-state index in [0.717, 1.165) is 10.5 Å². The highest BCUT2D eigenvalue weighted by molar-refractivity contribution is 5.76. The van der Waals surface area contributed by atoms with Crippen molar-refractivity contribution in [3.8, 4) is 0 Å². The molecule has 3 nitrogen and oxygen atoms in total. The monoisotopic (exact) mass is 274 g/mol. The number of anilines is 1. The summed E-state index contributed by atoms with van der Waals surface area (Å²) in [5.74, 6) is -0.291. The molecule has 0 saturated heterocycles. The Balaban J connectivity index is 2.36. The van der Waals surface area contributed by atoms with Crippen LogP contribution in [0.15, 0.2) is 24.3 Å². The molecular formula is C13H17F3N2O. The summed E-state index contributed by atoms with van der Waals surface area (Å²) in [7, 11) is 1.39. The smallest absolute Gasteiger partial charge is 0.390 e. The lowest BCUT2D eigenvalue weighted by molar-refractivity contribution is -0.144. The van der Waals surface area contributed by atoms with Crippen LogP contribution in [0.5, 0.6) is 0 Å². The van der Waals surface area contributed by atoms with Crippen molar-refractivity contribution in [3.05, 3.63) is 29.8 Å². The van der Waals surface area contributed by atoms with E-state index in [9.17, 15) is 18.0 Å². The number of carbonyl (C=O) groups excluding carboxylic acids is 1. The molecule has 6 heteroatoms. The van der Waals surface area contributed by atoms with Crippen LogP contribution in [0.3, 0.4) is 0 Å².